The molecular formula is C11H13Br5I2N4. The Morgan fingerprint density at radius 3 is 1.77 bits per heavy atom. The zero-order valence-corrected chi connectivity index (χ0v) is 23.8. The van der Waals surface area contributed by atoms with Crippen LogP contribution in [0.5, 0.6) is 0 Å². The van der Waals surface area contributed by atoms with E-state index in [2.05, 4.69) is 149 Å². The molecule has 0 unspecified atom stereocenters. The molecule has 0 saturated carbocycles. The van der Waals surface area contributed by atoms with Crippen molar-refractivity contribution >= 4 is 125 Å². The Bertz CT molecular complexity index is 547. The van der Waals surface area contributed by atoms with Crippen molar-refractivity contribution in [2.75, 3.05) is 0 Å². The fourth-order valence-electron chi connectivity index (χ4n) is 1.08. The predicted molar refractivity (Wildman–Crippen MR) is 127 cm³/mol. The summed E-state index contributed by atoms with van der Waals surface area (Å²) in [6.07, 6.45) is 5.71. The average molecular weight is 855 g/mol. The van der Waals surface area contributed by atoms with Crippen LogP contribution in [0.2, 0.25) is 0 Å². The van der Waals surface area contributed by atoms with Crippen LogP contribution in [0.3, 0.4) is 0 Å². The van der Waals surface area contributed by atoms with Gasteiger partial charge in [0.2, 0.25) is 0 Å². The van der Waals surface area contributed by atoms with E-state index in [-0.39, 0.29) is 1.05 Å². The topological polar surface area (TPSA) is 35.6 Å². The molecule has 0 spiro atoms. The first-order valence-electron chi connectivity index (χ1n) is 5.88. The van der Waals surface area contributed by atoms with E-state index in [1.165, 1.54) is 3.57 Å². The van der Waals surface area contributed by atoms with Gasteiger partial charge in [0.05, 0.1) is 19.5 Å². The highest BCUT2D eigenvalue weighted by molar-refractivity contribution is 14.1. The van der Waals surface area contributed by atoms with Crippen LogP contribution in [0.1, 0.15) is 13.8 Å². The number of nitrogens with zero attached hydrogens (tertiary/aromatic N) is 4. The van der Waals surface area contributed by atoms with Crippen molar-refractivity contribution in [3.8, 4) is 0 Å². The third kappa shape index (κ3) is 12.6. The molecule has 0 N–H and O–H groups in total. The minimum Gasteiger partial charge on any atom is -0.272 e. The van der Waals surface area contributed by atoms with Gasteiger partial charge in [0.1, 0.15) is 4.60 Å². The number of aromatic nitrogens is 4. The van der Waals surface area contributed by atoms with Crippen LogP contribution in [-0.2, 0) is 13.1 Å². The Morgan fingerprint density at radius 1 is 1.05 bits per heavy atom. The predicted octanol–water partition coefficient (Wildman–Crippen LogP) is 6.96. The highest BCUT2D eigenvalue weighted by Crippen LogP contribution is 2.39. The molecule has 2 heterocycles. The molecule has 2 aromatic heterocycles. The molecule has 0 aromatic carbocycles. The Balaban J connectivity index is 0.000000315. The lowest BCUT2D eigenvalue weighted by atomic mass is 10.7. The van der Waals surface area contributed by atoms with E-state index in [0.29, 0.717) is 0 Å². The van der Waals surface area contributed by atoms with Gasteiger partial charge in [-0.15, -0.1) is 0 Å². The van der Waals surface area contributed by atoms with Gasteiger partial charge in [-0.05, 0) is 139 Å². The maximum atomic E-state index is 4.10. The minimum atomic E-state index is -0.250. The fourth-order valence-corrected chi connectivity index (χ4v) is 2.37. The van der Waals surface area contributed by atoms with Crippen LogP contribution in [-0.4, -0.2) is 20.6 Å². The molecule has 0 bridgehead atoms. The minimum absolute atomic E-state index is 0.250. The van der Waals surface area contributed by atoms with Gasteiger partial charge in [0.25, 0.3) is 0 Å². The zero-order valence-electron chi connectivity index (χ0n) is 11.6. The fraction of sp³-hybridized carbons (Fsp3) is 0.455. The van der Waals surface area contributed by atoms with Crippen LogP contribution in [0.15, 0.2) is 23.2 Å². The van der Waals surface area contributed by atoms with Crippen LogP contribution in [0.4, 0.5) is 0 Å². The summed E-state index contributed by atoms with van der Waals surface area (Å²) in [5, 5.41) is 8.14. The van der Waals surface area contributed by atoms with Crippen molar-refractivity contribution in [2.24, 2.45) is 0 Å². The first kappa shape index (κ1) is 24.3. The lowest BCUT2D eigenvalue weighted by Gasteiger charge is -1.94. The highest BCUT2D eigenvalue weighted by Gasteiger charge is 2.08. The summed E-state index contributed by atoms with van der Waals surface area (Å²) in [4.78, 5) is 0. The van der Waals surface area contributed by atoms with Gasteiger partial charge in [-0.3, -0.25) is 9.36 Å². The number of halogens is 7. The zero-order chi connectivity index (χ0) is 17.3. The number of alkyl halides is 4. The summed E-state index contributed by atoms with van der Waals surface area (Å²) >= 11 is 20.4. The Labute approximate surface area is 199 Å². The van der Waals surface area contributed by atoms with E-state index in [9.17, 15) is 0 Å². The van der Waals surface area contributed by atoms with Gasteiger partial charge in [0.15, 0.2) is 1.05 Å². The molecule has 0 radical (unpaired) electrons. The molecule has 22 heavy (non-hydrogen) atoms. The second kappa shape index (κ2) is 12.6. The van der Waals surface area contributed by atoms with E-state index >= 15 is 0 Å². The Hall–Kier alpha value is 2.28. The Kier molecular flexibility index (Phi) is 13.9. The van der Waals surface area contributed by atoms with Crippen molar-refractivity contribution in [1.29, 1.82) is 0 Å². The highest BCUT2D eigenvalue weighted by atomic mass is 127. The van der Waals surface area contributed by atoms with E-state index in [1.54, 1.807) is 0 Å². The summed E-state index contributed by atoms with van der Waals surface area (Å²) in [5.41, 5.74) is 0. The van der Waals surface area contributed by atoms with Gasteiger partial charge < -0.3 is 0 Å². The largest absolute Gasteiger partial charge is 0.272 e. The van der Waals surface area contributed by atoms with Crippen molar-refractivity contribution in [2.45, 2.75) is 28.0 Å². The molecule has 0 amide bonds. The second-order valence-electron chi connectivity index (χ2n) is 3.54. The van der Waals surface area contributed by atoms with E-state index in [1.807, 2.05) is 28.0 Å². The van der Waals surface area contributed by atoms with Crippen molar-refractivity contribution in [3.05, 3.63) is 30.3 Å². The molecule has 2 aromatic rings. The first-order valence-corrected chi connectivity index (χ1v) is 12.0. The lowest BCUT2D eigenvalue weighted by molar-refractivity contribution is 0.645. The Morgan fingerprint density at radius 2 is 1.59 bits per heavy atom. The molecule has 126 valence electrons. The standard InChI is InChI=1S/C5H6BrIN2.C5H7IN2.CBr4/c1-2-9-5(6)4(7)3-8-9;1-2-8-4-5(6)3-7-8;2-1(3,4)5/h3H,2H2,1H3;3-4H,2H2,1H3;. The molecule has 0 saturated heterocycles. The monoisotopic (exact) mass is 850 g/mol. The van der Waals surface area contributed by atoms with Crippen molar-refractivity contribution in [1.82, 2.24) is 19.6 Å². The van der Waals surface area contributed by atoms with Gasteiger partial charge >= 0.3 is 0 Å². The molecule has 11 heteroatoms. The van der Waals surface area contributed by atoms with Crippen molar-refractivity contribution < 1.29 is 0 Å². The van der Waals surface area contributed by atoms with Gasteiger partial charge in [-0.1, -0.05) is 0 Å². The molecular weight excluding hydrogens is 841 g/mol. The third-order valence-electron chi connectivity index (χ3n) is 1.96. The summed E-state index contributed by atoms with van der Waals surface area (Å²) in [6.45, 7) is 6.02. The number of rotatable bonds is 2. The SMILES string of the molecule is BrC(Br)(Br)Br.CCn1cc(I)cn1.CCn1ncc(I)c1Br. The third-order valence-corrected chi connectivity index (χ3v) is 4.88. The maximum Gasteiger partial charge on any atom is 0.189 e. The molecule has 4 nitrogen and oxygen atoms in total. The summed E-state index contributed by atoms with van der Waals surface area (Å²) in [5.74, 6) is 0. The maximum absolute atomic E-state index is 4.10. The quantitative estimate of drug-likeness (QED) is 0.242. The van der Waals surface area contributed by atoms with E-state index in [4.69, 9.17) is 0 Å². The second-order valence-corrected chi connectivity index (χ2v) is 17.8. The van der Waals surface area contributed by atoms with E-state index < -0.39 is 0 Å². The number of aryl methyl sites for hydroxylation is 2. The summed E-state index contributed by atoms with van der Waals surface area (Å²) in [6, 6.07) is 0. The molecule has 0 aliphatic heterocycles. The molecule has 2 rings (SSSR count). The number of hydrogen-bond acceptors (Lipinski definition) is 2. The van der Waals surface area contributed by atoms with E-state index in [0.717, 1.165) is 21.3 Å². The van der Waals surface area contributed by atoms with Crippen molar-refractivity contribution in [3.63, 3.8) is 0 Å². The molecule has 0 atom stereocenters. The first-order chi connectivity index (χ1) is 10.1. The summed E-state index contributed by atoms with van der Waals surface area (Å²) in [7, 11) is 0. The molecule has 0 aliphatic rings. The van der Waals surface area contributed by atoms with Gasteiger partial charge in [-0.2, -0.15) is 10.2 Å². The summed E-state index contributed by atoms with van der Waals surface area (Å²) < 4.78 is 6.99. The van der Waals surface area contributed by atoms with Crippen LogP contribution < -0.4 is 0 Å². The lowest BCUT2D eigenvalue weighted by Crippen LogP contribution is -1.95. The average Bonchev–Trinajstić information content (AvgIpc) is 2.96. The number of hydrogen-bond donors (Lipinski definition) is 0. The van der Waals surface area contributed by atoms with Crippen LogP contribution in [0, 0.1) is 7.14 Å². The molecule has 0 fully saturated rings. The van der Waals surface area contributed by atoms with Gasteiger partial charge in [0, 0.05) is 19.3 Å². The smallest absolute Gasteiger partial charge is 0.189 e. The van der Waals surface area contributed by atoms with Gasteiger partial charge in [-0.25, -0.2) is 0 Å². The molecule has 0 aliphatic carbocycles. The van der Waals surface area contributed by atoms with Crippen LogP contribution in [0.25, 0.3) is 0 Å². The van der Waals surface area contributed by atoms with Crippen LogP contribution >= 0.6 is 125 Å². The normalized spacial score (nSPS) is 10.4.